The van der Waals surface area contributed by atoms with Gasteiger partial charge in [-0.25, -0.2) is 0 Å². The van der Waals surface area contributed by atoms with Crippen LogP contribution in [0.2, 0.25) is 0 Å². The van der Waals surface area contributed by atoms with E-state index in [9.17, 15) is 9.59 Å². The lowest BCUT2D eigenvalue weighted by molar-refractivity contribution is -0.125. The molecule has 2 N–H and O–H groups in total. The number of carbonyl (C=O) groups excluding carboxylic acids is 2. The predicted molar refractivity (Wildman–Crippen MR) is 105 cm³/mol. The van der Waals surface area contributed by atoms with Crippen molar-refractivity contribution >= 4 is 17.5 Å². The second kappa shape index (κ2) is 9.12. The normalized spacial score (nSPS) is 17.4. The number of benzene rings is 2. The Bertz CT molecular complexity index is 822. The number of hydrogen-bond acceptors (Lipinski definition) is 5. The van der Waals surface area contributed by atoms with Crippen molar-refractivity contribution in [3.63, 3.8) is 0 Å². The van der Waals surface area contributed by atoms with E-state index in [1.165, 1.54) is 0 Å². The maximum absolute atomic E-state index is 12.3. The van der Waals surface area contributed by atoms with Gasteiger partial charge in [0.1, 0.15) is 23.9 Å². The van der Waals surface area contributed by atoms with Crippen molar-refractivity contribution in [2.24, 2.45) is 11.8 Å². The highest BCUT2D eigenvalue weighted by atomic mass is 16.5. The molecule has 28 heavy (non-hydrogen) atoms. The summed E-state index contributed by atoms with van der Waals surface area (Å²) in [7, 11) is 3.15. The first kappa shape index (κ1) is 19.5. The summed E-state index contributed by atoms with van der Waals surface area (Å²) in [5.41, 5.74) is 0.606. The molecule has 2 aromatic rings. The molecule has 0 heterocycles. The third-order valence-electron chi connectivity index (χ3n) is 4.56. The van der Waals surface area contributed by atoms with Crippen LogP contribution < -0.4 is 24.8 Å². The lowest BCUT2D eigenvalue weighted by atomic mass is 10.2. The number of para-hydroxylation sites is 2. The van der Waals surface area contributed by atoms with Crippen LogP contribution in [0.4, 0.5) is 5.69 Å². The van der Waals surface area contributed by atoms with E-state index in [-0.39, 0.29) is 23.7 Å². The van der Waals surface area contributed by atoms with Gasteiger partial charge in [0, 0.05) is 0 Å². The zero-order chi connectivity index (χ0) is 19.9. The van der Waals surface area contributed by atoms with Gasteiger partial charge in [0.2, 0.25) is 11.8 Å². The molecule has 3 rings (SSSR count). The van der Waals surface area contributed by atoms with E-state index in [1.807, 2.05) is 24.3 Å². The molecule has 0 aromatic heterocycles. The van der Waals surface area contributed by atoms with Gasteiger partial charge in [-0.05, 0) is 42.8 Å². The molecule has 7 nitrogen and oxygen atoms in total. The predicted octanol–water partition coefficient (Wildman–Crippen LogP) is 2.47. The topological polar surface area (TPSA) is 85.9 Å². The van der Waals surface area contributed by atoms with Gasteiger partial charge >= 0.3 is 0 Å². The summed E-state index contributed by atoms with van der Waals surface area (Å²) in [6.45, 7) is 0.727. The molecule has 2 atom stereocenters. The largest absolute Gasteiger partial charge is 0.497 e. The van der Waals surface area contributed by atoms with Crippen molar-refractivity contribution in [2.75, 3.05) is 32.7 Å². The van der Waals surface area contributed by atoms with Crippen molar-refractivity contribution in [2.45, 2.75) is 6.42 Å². The maximum atomic E-state index is 12.3. The molecule has 1 aliphatic carbocycles. The van der Waals surface area contributed by atoms with Crippen LogP contribution in [0.25, 0.3) is 0 Å². The average molecular weight is 384 g/mol. The molecule has 1 saturated carbocycles. The number of ether oxygens (including phenoxy) is 3. The quantitative estimate of drug-likeness (QED) is 0.649. The van der Waals surface area contributed by atoms with Crippen molar-refractivity contribution < 1.29 is 23.8 Å². The van der Waals surface area contributed by atoms with Crippen molar-refractivity contribution in [1.29, 1.82) is 0 Å². The summed E-state index contributed by atoms with van der Waals surface area (Å²) in [6, 6.07) is 14.4. The smallest absolute Gasteiger partial charge is 0.228 e. The minimum Gasteiger partial charge on any atom is -0.497 e. The first-order valence-corrected chi connectivity index (χ1v) is 9.11. The number of nitrogens with one attached hydrogen (secondary N) is 2. The van der Waals surface area contributed by atoms with E-state index < -0.39 is 0 Å². The Morgan fingerprint density at radius 2 is 1.61 bits per heavy atom. The summed E-state index contributed by atoms with van der Waals surface area (Å²) in [4.78, 5) is 24.5. The Morgan fingerprint density at radius 1 is 0.929 bits per heavy atom. The summed E-state index contributed by atoms with van der Waals surface area (Å²) in [5.74, 6) is 1.15. The van der Waals surface area contributed by atoms with Crippen LogP contribution in [0, 0.1) is 11.8 Å². The second-order valence-electron chi connectivity index (χ2n) is 6.45. The number of anilines is 1. The molecule has 2 unspecified atom stereocenters. The molecule has 1 aliphatic rings. The minimum absolute atomic E-state index is 0.126. The van der Waals surface area contributed by atoms with Crippen molar-refractivity contribution in [3.05, 3.63) is 48.5 Å². The second-order valence-corrected chi connectivity index (χ2v) is 6.45. The first-order chi connectivity index (χ1) is 13.6. The molecule has 0 aliphatic heterocycles. The average Bonchev–Trinajstić information content (AvgIpc) is 3.53. The fourth-order valence-corrected chi connectivity index (χ4v) is 2.89. The third kappa shape index (κ3) is 4.94. The van der Waals surface area contributed by atoms with Crippen LogP contribution >= 0.6 is 0 Å². The van der Waals surface area contributed by atoms with Crippen LogP contribution in [0.1, 0.15) is 6.42 Å². The lowest BCUT2D eigenvalue weighted by Gasteiger charge is -2.10. The number of rotatable bonds is 9. The highest BCUT2D eigenvalue weighted by molar-refractivity contribution is 6.00. The Morgan fingerprint density at radius 3 is 2.32 bits per heavy atom. The molecule has 7 heteroatoms. The fourth-order valence-electron chi connectivity index (χ4n) is 2.89. The molecule has 0 saturated heterocycles. The molecular formula is C21H24N2O5. The van der Waals surface area contributed by atoms with E-state index in [2.05, 4.69) is 10.6 Å². The van der Waals surface area contributed by atoms with E-state index >= 15 is 0 Å². The number of carbonyl (C=O) groups is 2. The van der Waals surface area contributed by atoms with Gasteiger partial charge in [0.15, 0.2) is 0 Å². The number of amides is 2. The van der Waals surface area contributed by atoms with Crippen molar-refractivity contribution in [3.8, 4) is 17.2 Å². The summed E-state index contributed by atoms with van der Waals surface area (Å²) < 4.78 is 15.9. The van der Waals surface area contributed by atoms with Gasteiger partial charge in [-0.2, -0.15) is 0 Å². The molecule has 0 radical (unpaired) electrons. The van der Waals surface area contributed by atoms with Crippen LogP contribution in [0.5, 0.6) is 17.2 Å². The SMILES string of the molecule is COc1ccc(OCCNC(=O)C2CC2C(=O)Nc2ccccc2OC)cc1. The van der Waals surface area contributed by atoms with Crippen molar-refractivity contribution in [1.82, 2.24) is 5.32 Å². The van der Waals surface area contributed by atoms with E-state index in [0.29, 0.717) is 36.8 Å². The maximum Gasteiger partial charge on any atom is 0.228 e. The Kier molecular flexibility index (Phi) is 6.37. The van der Waals surface area contributed by atoms with Crippen LogP contribution in [0.15, 0.2) is 48.5 Å². The molecule has 0 bridgehead atoms. The van der Waals surface area contributed by atoms with Gasteiger partial charge in [-0.15, -0.1) is 0 Å². The van der Waals surface area contributed by atoms with Crippen LogP contribution in [-0.4, -0.2) is 39.2 Å². The molecule has 2 aromatic carbocycles. The highest BCUT2D eigenvalue weighted by Gasteiger charge is 2.48. The van der Waals surface area contributed by atoms with E-state index in [0.717, 1.165) is 5.75 Å². The fraction of sp³-hybridized carbons (Fsp3) is 0.333. The molecule has 1 fully saturated rings. The first-order valence-electron chi connectivity index (χ1n) is 9.11. The lowest BCUT2D eigenvalue weighted by Crippen LogP contribution is -2.31. The number of methoxy groups -OCH3 is 2. The zero-order valence-electron chi connectivity index (χ0n) is 15.9. The summed E-state index contributed by atoms with van der Waals surface area (Å²) in [5, 5.41) is 5.64. The van der Waals surface area contributed by atoms with Crippen LogP contribution in [0.3, 0.4) is 0 Å². The standard InChI is InChI=1S/C21H24N2O5/c1-26-14-7-9-15(10-8-14)28-12-11-22-20(24)16-13-17(16)21(25)23-18-5-3-4-6-19(18)27-2/h3-10,16-17H,11-13H2,1-2H3,(H,22,24)(H,23,25). The van der Waals surface area contributed by atoms with Gasteiger partial charge in [-0.3, -0.25) is 9.59 Å². The summed E-state index contributed by atoms with van der Waals surface area (Å²) >= 11 is 0. The zero-order valence-corrected chi connectivity index (χ0v) is 15.9. The van der Waals surface area contributed by atoms with Gasteiger partial charge in [0.05, 0.1) is 38.3 Å². The number of hydrogen-bond donors (Lipinski definition) is 2. The Labute approximate surface area is 164 Å². The molecule has 148 valence electrons. The molecule has 0 spiro atoms. The summed E-state index contributed by atoms with van der Waals surface area (Å²) in [6.07, 6.45) is 0.548. The molecule has 2 amide bonds. The van der Waals surface area contributed by atoms with E-state index in [4.69, 9.17) is 14.2 Å². The van der Waals surface area contributed by atoms with Gasteiger partial charge < -0.3 is 24.8 Å². The highest BCUT2D eigenvalue weighted by Crippen LogP contribution is 2.40. The van der Waals surface area contributed by atoms with Gasteiger partial charge in [-0.1, -0.05) is 12.1 Å². The van der Waals surface area contributed by atoms with Gasteiger partial charge in [0.25, 0.3) is 0 Å². The minimum atomic E-state index is -0.313. The molecular weight excluding hydrogens is 360 g/mol. The van der Waals surface area contributed by atoms with E-state index in [1.54, 1.807) is 38.5 Å². The Balaban J connectivity index is 1.38. The monoisotopic (exact) mass is 384 g/mol. The Hall–Kier alpha value is -3.22. The van der Waals surface area contributed by atoms with Crippen LogP contribution in [-0.2, 0) is 9.59 Å². The third-order valence-corrected chi connectivity index (χ3v) is 4.56.